The van der Waals surface area contributed by atoms with Crippen LogP contribution in [-0.2, 0) is 6.42 Å². The van der Waals surface area contributed by atoms with Crippen molar-refractivity contribution in [2.45, 2.75) is 18.6 Å². The number of guanidine groups is 2. The minimum atomic E-state index is -1.02. The molecule has 1 aromatic carbocycles. The predicted octanol–water partition coefficient (Wildman–Crippen LogP) is 0.647. The number of rotatable bonds is 6. The monoisotopic (exact) mass is 441 g/mol. The molecule has 11 nitrogen and oxygen atoms in total. The van der Waals surface area contributed by atoms with Crippen LogP contribution in [0.3, 0.4) is 0 Å². The second-order valence-electron chi connectivity index (χ2n) is 7.94. The molecule has 1 aromatic heterocycles. The predicted molar refractivity (Wildman–Crippen MR) is 124 cm³/mol. The molecule has 4 rings (SSSR count). The summed E-state index contributed by atoms with van der Waals surface area (Å²) in [4.78, 5) is 21.4. The zero-order valence-electron chi connectivity index (χ0n) is 18.8. The molecular weight excluding hydrogens is 410 g/mol. The molecule has 3 heterocycles. The van der Waals surface area contributed by atoms with Crippen LogP contribution >= 0.6 is 0 Å². The van der Waals surface area contributed by atoms with Crippen LogP contribution in [0, 0.1) is 0 Å². The Hall–Kier alpha value is -3.31. The van der Waals surface area contributed by atoms with Gasteiger partial charge in [-0.25, -0.2) is 9.98 Å². The van der Waals surface area contributed by atoms with E-state index in [9.17, 15) is 0 Å². The lowest BCUT2D eigenvalue weighted by molar-refractivity contribution is 0.205. The summed E-state index contributed by atoms with van der Waals surface area (Å²) in [6, 6.07) is 5.56. The Morgan fingerprint density at radius 3 is 2.62 bits per heavy atom. The average Bonchev–Trinajstić information content (AvgIpc) is 3.32. The minimum absolute atomic E-state index is 0.437. The van der Waals surface area contributed by atoms with Gasteiger partial charge in [0.05, 0.1) is 14.2 Å². The number of H-pyrrole nitrogens is 1. The molecular formula is C21H31N9O2. The van der Waals surface area contributed by atoms with E-state index >= 15 is 0 Å². The van der Waals surface area contributed by atoms with Crippen LogP contribution in [0.1, 0.15) is 12.2 Å². The Bertz CT molecular complexity index is 968. The van der Waals surface area contributed by atoms with Gasteiger partial charge in [-0.2, -0.15) is 4.99 Å². The number of hydrogen-bond acceptors (Lipinski definition) is 10. The van der Waals surface area contributed by atoms with Crippen LogP contribution in [0.15, 0.2) is 40.6 Å². The number of aromatic nitrogens is 2. The summed E-state index contributed by atoms with van der Waals surface area (Å²) in [6.07, 6.45) is 4.73. The van der Waals surface area contributed by atoms with E-state index in [2.05, 4.69) is 37.4 Å². The van der Waals surface area contributed by atoms with E-state index in [0.717, 1.165) is 43.7 Å². The fourth-order valence-electron chi connectivity index (χ4n) is 3.69. The van der Waals surface area contributed by atoms with Crippen LogP contribution in [0.4, 0.5) is 5.69 Å². The van der Waals surface area contributed by atoms with Gasteiger partial charge >= 0.3 is 0 Å². The van der Waals surface area contributed by atoms with Gasteiger partial charge in [0, 0.05) is 63.2 Å². The van der Waals surface area contributed by atoms with Crippen molar-refractivity contribution in [1.29, 1.82) is 0 Å². The number of piperazine rings is 1. The van der Waals surface area contributed by atoms with E-state index in [-0.39, 0.29) is 0 Å². The van der Waals surface area contributed by atoms with Crippen LogP contribution < -0.4 is 25.8 Å². The fraction of sp³-hybridized carbons (Fsp3) is 0.476. The van der Waals surface area contributed by atoms with Gasteiger partial charge in [0.2, 0.25) is 11.9 Å². The van der Waals surface area contributed by atoms with Gasteiger partial charge in [0.25, 0.3) is 0 Å². The molecule has 32 heavy (non-hydrogen) atoms. The number of aryl methyl sites for hydroxylation is 1. The Labute approximate surface area is 187 Å². The molecule has 1 saturated heterocycles. The molecule has 2 aromatic rings. The van der Waals surface area contributed by atoms with Gasteiger partial charge in [-0.3, -0.25) is 5.73 Å². The maximum absolute atomic E-state index is 6.70. The van der Waals surface area contributed by atoms with Crippen molar-refractivity contribution >= 4 is 17.6 Å². The molecule has 172 valence electrons. The summed E-state index contributed by atoms with van der Waals surface area (Å²) in [5.41, 5.74) is 7.48. The summed E-state index contributed by atoms with van der Waals surface area (Å²) < 4.78 is 10.7. The third-order valence-electron chi connectivity index (χ3n) is 5.59. The zero-order chi connectivity index (χ0) is 22.6. The van der Waals surface area contributed by atoms with Gasteiger partial charge in [-0.05, 0) is 19.2 Å². The first-order chi connectivity index (χ1) is 15.5. The van der Waals surface area contributed by atoms with E-state index < -0.39 is 5.79 Å². The standard InChI is InChI=1S/C21H31N9O2/c1-29-10-12-30(13-11-29)20-26-19(25-15-4-5-16(31-2)17(14-15)32-3)27-21(22,28-20)7-6-18-23-8-9-24-18/h4-5,8-9,14H,6-7,10-13,22H2,1-3H3,(H,23,24)(H2,25,26,27,28). The number of methoxy groups -OCH3 is 2. The topological polar surface area (TPSA) is 128 Å². The molecule has 2 aliphatic heterocycles. The number of nitrogens with zero attached hydrogens (tertiary/aromatic N) is 5. The number of aromatic amines is 1. The largest absolute Gasteiger partial charge is 0.493 e. The highest BCUT2D eigenvalue weighted by Crippen LogP contribution is 2.30. The smallest absolute Gasteiger partial charge is 0.229 e. The number of imidazole rings is 1. The highest BCUT2D eigenvalue weighted by molar-refractivity contribution is 6.04. The first-order valence-corrected chi connectivity index (χ1v) is 10.6. The molecule has 2 aliphatic rings. The van der Waals surface area contributed by atoms with E-state index in [4.69, 9.17) is 25.2 Å². The molecule has 1 atom stereocenters. The van der Waals surface area contributed by atoms with Crippen LogP contribution in [0.25, 0.3) is 0 Å². The normalized spacial score (nSPS) is 21.4. The molecule has 0 spiro atoms. The molecule has 0 saturated carbocycles. The maximum Gasteiger partial charge on any atom is 0.229 e. The van der Waals surface area contributed by atoms with Crippen molar-refractivity contribution in [3.8, 4) is 11.5 Å². The summed E-state index contributed by atoms with van der Waals surface area (Å²) in [5.74, 6) is 2.27. The molecule has 1 fully saturated rings. The minimum Gasteiger partial charge on any atom is -0.493 e. The van der Waals surface area contributed by atoms with E-state index in [0.29, 0.717) is 30.3 Å². The second-order valence-corrected chi connectivity index (χ2v) is 7.94. The Kier molecular flexibility index (Phi) is 6.47. The van der Waals surface area contributed by atoms with Crippen molar-refractivity contribution in [2.24, 2.45) is 15.7 Å². The molecule has 5 N–H and O–H groups in total. The van der Waals surface area contributed by atoms with E-state index in [1.54, 1.807) is 26.6 Å². The van der Waals surface area contributed by atoms with Crippen molar-refractivity contribution < 1.29 is 9.47 Å². The highest BCUT2D eigenvalue weighted by atomic mass is 16.5. The first-order valence-electron chi connectivity index (χ1n) is 10.6. The van der Waals surface area contributed by atoms with Crippen molar-refractivity contribution in [3.63, 3.8) is 0 Å². The SMILES string of the molecule is COc1ccc(NC2=NC(N)(CCc3ncc[nH]3)NC(N3CCN(C)CC3)=N2)cc1OC. The Balaban J connectivity index is 1.57. The Morgan fingerprint density at radius 2 is 1.94 bits per heavy atom. The van der Waals surface area contributed by atoms with Gasteiger partial charge in [0.15, 0.2) is 17.3 Å². The van der Waals surface area contributed by atoms with Crippen LogP contribution in [-0.4, -0.2) is 84.9 Å². The molecule has 0 aliphatic carbocycles. The number of hydrogen-bond donors (Lipinski definition) is 4. The molecule has 1 unspecified atom stereocenters. The summed E-state index contributed by atoms with van der Waals surface area (Å²) in [6.45, 7) is 3.64. The number of anilines is 1. The summed E-state index contributed by atoms with van der Waals surface area (Å²) in [5, 5.41) is 6.63. The molecule has 0 amide bonds. The van der Waals surface area contributed by atoms with Gasteiger partial charge < -0.3 is 34.9 Å². The van der Waals surface area contributed by atoms with Crippen LogP contribution in [0.2, 0.25) is 0 Å². The lowest BCUT2D eigenvalue weighted by atomic mass is 10.1. The van der Waals surface area contributed by atoms with E-state index in [1.165, 1.54) is 0 Å². The third kappa shape index (κ3) is 5.11. The number of aliphatic imine (C=N–C) groups is 2. The fourth-order valence-corrected chi connectivity index (χ4v) is 3.69. The summed E-state index contributed by atoms with van der Waals surface area (Å²) in [7, 11) is 5.33. The number of likely N-dealkylation sites (N-methyl/N-ethyl adjacent to an activating group) is 1. The van der Waals surface area contributed by atoms with Crippen molar-refractivity contribution in [3.05, 3.63) is 36.4 Å². The number of nitrogens with two attached hydrogens (primary N) is 1. The second kappa shape index (κ2) is 9.45. The van der Waals surface area contributed by atoms with Gasteiger partial charge in [0.1, 0.15) is 5.82 Å². The average molecular weight is 442 g/mol. The highest BCUT2D eigenvalue weighted by Gasteiger charge is 2.33. The van der Waals surface area contributed by atoms with Crippen molar-refractivity contribution in [2.75, 3.05) is 52.8 Å². The quantitative estimate of drug-likeness (QED) is 0.514. The van der Waals surface area contributed by atoms with Crippen LogP contribution in [0.5, 0.6) is 11.5 Å². The first kappa shape index (κ1) is 21.9. The zero-order valence-corrected chi connectivity index (χ0v) is 18.8. The number of benzene rings is 1. The molecule has 0 radical (unpaired) electrons. The lowest BCUT2D eigenvalue weighted by Gasteiger charge is -2.39. The number of ether oxygens (including phenoxy) is 2. The van der Waals surface area contributed by atoms with Gasteiger partial charge in [-0.1, -0.05) is 0 Å². The van der Waals surface area contributed by atoms with E-state index in [1.807, 2.05) is 18.2 Å². The Morgan fingerprint density at radius 1 is 1.16 bits per heavy atom. The maximum atomic E-state index is 6.70. The molecule has 0 bridgehead atoms. The van der Waals surface area contributed by atoms with Gasteiger partial charge in [-0.15, -0.1) is 0 Å². The summed E-state index contributed by atoms with van der Waals surface area (Å²) >= 11 is 0. The molecule has 11 heteroatoms. The number of nitrogens with one attached hydrogen (secondary N) is 3. The lowest BCUT2D eigenvalue weighted by Crippen LogP contribution is -2.63. The third-order valence-corrected chi connectivity index (χ3v) is 5.59. The van der Waals surface area contributed by atoms with Crippen molar-refractivity contribution in [1.82, 2.24) is 25.1 Å².